The summed E-state index contributed by atoms with van der Waals surface area (Å²) in [6, 6.07) is 3.48. The lowest BCUT2D eigenvalue weighted by Gasteiger charge is -2.04. The second-order valence-corrected chi connectivity index (χ2v) is 4.06. The maximum absolute atomic E-state index is 13.0. The zero-order chi connectivity index (χ0) is 8.72. The minimum absolute atomic E-state index is 0.170. The van der Waals surface area contributed by atoms with E-state index in [1.165, 1.54) is 5.56 Å². The molecule has 1 aromatic rings. The molecule has 12 heavy (non-hydrogen) atoms. The molecule has 0 nitrogen and oxygen atoms in total. The number of halogens is 2. The van der Waals surface area contributed by atoms with Gasteiger partial charge in [-0.25, -0.2) is 4.39 Å². The molecule has 1 unspecified atom stereocenters. The van der Waals surface area contributed by atoms with E-state index in [1.54, 1.807) is 6.07 Å². The highest BCUT2D eigenvalue weighted by molar-refractivity contribution is 9.10. The van der Waals surface area contributed by atoms with Crippen molar-refractivity contribution >= 4 is 15.9 Å². The number of benzene rings is 1. The monoisotopic (exact) mass is 227 g/mol. The van der Waals surface area contributed by atoms with Gasteiger partial charge in [-0.2, -0.15) is 0 Å². The van der Waals surface area contributed by atoms with Crippen LogP contribution in [0.3, 0.4) is 0 Å². The maximum Gasteiger partial charge on any atom is 0.137 e. The fraction of sp³-hybridized carbons (Fsp3) is 0.300. The summed E-state index contributed by atoms with van der Waals surface area (Å²) in [6.07, 6.45) is 3.37. The van der Waals surface area contributed by atoms with Gasteiger partial charge in [0.1, 0.15) is 5.82 Å². The lowest BCUT2D eigenvalue weighted by Crippen LogP contribution is -1.88. The molecule has 63 valence electrons. The third kappa shape index (κ3) is 1.40. The summed E-state index contributed by atoms with van der Waals surface area (Å²) in [4.78, 5) is 0. The number of rotatable bonds is 1. The van der Waals surface area contributed by atoms with Crippen LogP contribution >= 0.6 is 15.9 Å². The Bertz CT molecular complexity index is 316. The Morgan fingerprint density at radius 2 is 2.17 bits per heavy atom. The Morgan fingerprint density at radius 1 is 1.50 bits per heavy atom. The first-order chi connectivity index (χ1) is 5.68. The summed E-state index contributed by atoms with van der Waals surface area (Å²) in [5.41, 5.74) is 2.30. The summed E-state index contributed by atoms with van der Waals surface area (Å²) in [6.45, 7) is 1.96. The van der Waals surface area contributed by atoms with Gasteiger partial charge in [0.25, 0.3) is 0 Å². The largest absolute Gasteiger partial charge is 0.206 e. The van der Waals surface area contributed by atoms with E-state index in [-0.39, 0.29) is 5.82 Å². The van der Waals surface area contributed by atoms with Gasteiger partial charge in [0.15, 0.2) is 0 Å². The first kappa shape index (κ1) is 8.24. The molecule has 0 aliphatic heterocycles. The van der Waals surface area contributed by atoms with Gasteiger partial charge in [0.2, 0.25) is 0 Å². The fourth-order valence-corrected chi connectivity index (χ4v) is 1.74. The van der Waals surface area contributed by atoms with Gasteiger partial charge in [-0.15, -0.1) is 0 Å². The van der Waals surface area contributed by atoms with Crippen LogP contribution in [0.5, 0.6) is 0 Å². The zero-order valence-electron chi connectivity index (χ0n) is 6.77. The average Bonchev–Trinajstić information content (AvgIpc) is 2.79. The smallest absolute Gasteiger partial charge is 0.137 e. The highest BCUT2D eigenvalue weighted by Crippen LogP contribution is 2.41. The minimum atomic E-state index is -0.170. The van der Waals surface area contributed by atoms with Crippen molar-refractivity contribution in [1.29, 1.82) is 0 Å². The molecular formula is C10H9BrF. The Balaban J connectivity index is 2.47. The van der Waals surface area contributed by atoms with Crippen LogP contribution in [0.15, 0.2) is 16.6 Å². The minimum Gasteiger partial charge on any atom is -0.206 e. The van der Waals surface area contributed by atoms with Crippen LogP contribution in [0, 0.1) is 19.2 Å². The Labute approximate surface area is 79.9 Å². The lowest BCUT2D eigenvalue weighted by atomic mass is 10.0. The van der Waals surface area contributed by atoms with Crippen molar-refractivity contribution in [3.05, 3.63) is 40.0 Å². The van der Waals surface area contributed by atoms with Crippen molar-refractivity contribution < 1.29 is 4.39 Å². The molecule has 1 aliphatic carbocycles. The highest BCUT2D eigenvalue weighted by atomic mass is 79.9. The number of hydrogen-bond acceptors (Lipinski definition) is 0. The van der Waals surface area contributed by atoms with Crippen molar-refractivity contribution in [1.82, 2.24) is 0 Å². The third-order valence-corrected chi connectivity index (χ3v) is 2.79. The molecule has 1 aromatic carbocycles. The average molecular weight is 228 g/mol. The summed E-state index contributed by atoms with van der Waals surface area (Å²) < 4.78 is 13.6. The molecule has 1 aliphatic rings. The van der Waals surface area contributed by atoms with E-state index in [0.717, 1.165) is 12.0 Å². The molecule has 0 heterocycles. The van der Waals surface area contributed by atoms with Gasteiger partial charge >= 0.3 is 0 Å². The van der Waals surface area contributed by atoms with Gasteiger partial charge in [-0.05, 0) is 64.9 Å². The molecule has 2 heteroatoms. The van der Waals surface area contributed by atoms with Gasteiger partial charge in [-0.3, -0.25) is 0 Å². The molecule has 0 amide bonds. The number of aryl methyl sites for hydroxylation is 1. The van der Waals surface area contributed by atoms with Crippen LogP contribution in [0.4, 0.5) is 4.39 Å². The molecular weight excluding hydrogens is 219 g/mol. The van der Waals surface area contributed by atoms with E-state index in [4.69, 9.17) is 0 Å². The summed E-state index contributed by atoms with van der Waals surface area (Å²) in [5, 5.41) is 0. The van der Waals surface area contributed by atoms with E-state index < -0.39 is 0 Å². The van der Waals surface area contributed by atoms with E-state index in [9.17, 15) is 4.39 Å². The topological polar surface area (TPSA) is 0 Å². The molecule has 1 saturated carbocycles. The quantitative estimate of drug-likeness (QED) is 0.689. The first-order valence-electron chi connectivity index (χ1n) is 3.97. The van der Waals surface area contributed by atoms with E-state index in [1.807, 2.05) is 13.0 Å². The molecule has 0 aromatic heterocycles. The molecule has 0 N–H and O–H groups in total. The fourth-order valence-electron chi connectivity index (χ4n) is 1.38. The Kier molecular flexibility index (Phi) is 1.95. The number of hydrogen-bond donors (Lipinski definition) is 0. The summed E-state index contributed by atoms with van der Waals surface area (Å²) in [5.74, 6) is 0.402. The first-order valence-corrected chi connectivity index (χ1v) is 4.76. The SMILES string of the molecule is Cc1cc(F)c(Br)cc1C1[CH]C1. The van der Waals surface area contributed by atoms with Crippen molar-refractivity contribution in [2.75, 3.05) is 0 Å². The van der Waals surface area contributed by atoms with Gasteiger partial charge in [0, 0.05) is 0 Å². The van der Waals surface area contributed by atoms with Crippen LogP contribution < -0.4 is 0 Å². The van der Waals surface area contributed by atoms with Crippen LogP contribution in [-0.2, 0) is 0 Å². The van der Waals surface area contributed by atoms with Gasteiger partial charge < -0.3 is 0 Å². The van der Waals surface area contributed by atoms with Crippen LogP contribution in [0.1, 0.15) is 23.5 Å². The standard InChI is InChI=1S/C10H9BrF/c1-6-4-10(12)9(11)5-8(6)7-2-3-7/h2,4-5,7H,3H2,1H3. The molecule has 1 atom stereocenters. The molecule has 1 fully saturated rings. The van der Waals surface area contributed by atoms with Crippen LogP contribution in [-0.4, -0.2) is 0 Å². The van der Waals surface area contributed by atoms with Crippen molar-refractivity contribution in [3.8, 4) is 0 Å². The Morgan fingerprint density at radius 3 is 2.75 bits per heavy atom. The highest BCUT2D eigenvalue weighted by Gasteiger charge is 2.26. The predicted molar refractivity (Wildman–Crippen MR) is 50.5 cm³/mol. The maximum atomic E-state index is 13.0. The van der Waals surface area contributed by atoms with Gasteiger partial charge in [-0.1, -0.05) is 0 Å². The van der Waals surface area contributed by atoms with Crippen molar-refractivity contribution in [2.45, 2.75) is 19.3 Å². The molecule has 2 rings (SSSR count). The molecule has 1 radical (unpaired) electrons. The molecule has 0 saturated heterocycles. The van der Waals surface area contributed by atoms with Gasteiger partial charge in [0.05, 0.1) is 4.47 Å². The summed E-state index contributed by atoms with van der Waals surface area (Å²) in [7, 11) is 0. The third-order valence-electron chi connectivity index (χ3n) is 2.18. The van der Waals surface area contributed by atoms with Crippen LogP contribution in [0.25, 0.3) is 0 Å². The lowest BCUT2D eigenvalue weighted by molar-refractivity contribution is 0.619. The van der Waals surface area contributed by atoms with Crippen molar-refractivity contribution in [2.24, 2.45) is 0 Å². The second-order valence-electron chi connectivity index (χ2n) is 3.20. The second kappa shape index (κ2) is 2.84. The molecule has 0 bridgehead atoms. The normalized spacial score (nSPS) is 16.6. The van der Waals surface area contributed by atoms with Crippen molar-refractivity contribution in [3.63, 3.8) is 0 Å². The Hall–Kier alpha value is -0.370. The summed E-state index contributed by atoms with van der Waals surface area (Å²) >= 11 is 3.19. The predicted octanol–water partition coefficient (Wildman–Crippen LogP) is 3.59. The van der Waals surface area contributed by atoms with E-state index in [2.05, 4.69) is 22.4 Å². The zero-order valence-corrected chi connectivity index (χ0v) is 8.36. The van der Waals surface area contributed by atoms with E-state index >= 15 is 0 Å². The van der Waals surface area contributed by atoms with Crippen LogP contribution in [0.2, 0.25) is 0 Å². The molecule has 0 spiro atoms. The van der Waals surface area contributed by atoms with E-state index in [0.29, 0.717) is 10.4 Å².